The van der Waals surface area contributed by atoms with E-state index < -0.39 is 0 Å². The molecule has 2 heteroatoms. The number of Topliss-reactive ketones (excluding diaryl/α,β-unsaturated/α-hetero) is 2. The molecule has 0 spiro atoms. The summed E-state index contributed by atoms with van der Waals surface area (Å²) in [5.74, 6) is 0.186. The quantitative estimate of drug-likeness (QED) is 0.796. The first-order chi connectivity index (χ1) is 9.65. The lowest BCUT2D eigenvalue weighted by molar-refractivity contribution is -0.122. The second-order valence-electron chi connectivity index (χ2n) is 4.98. The minimum absolute atomic E-state index is 0.0674. The Balaban J connectivity index is 1.98. The van der Waals surface area contributed by atoms with Crippen molar-refractivity contribution in [2.45, 2.75) is 26.2 Å². The van der Waals surface area contributed by atoms with Crippen molar-refractivity contribution in [3.05, 3.63) is 60.2 Å². The number of rotatable bonds is 6. The summed E-state index contributed by atoms with van der Waals surface area (Å²) in [4.78, 5) is 22.6. The molecule has 2 aromatic carbocycles. The van der Waals surface area contributed by atoms with Crippen molar-refractivity contribution in [3.8, 4) is 11.1 Å². The molecule has 2 rings (SSSR count). The van der Waals surface area contributed by atoms with E-state index in [1.807, 2.05) is 42.5 Å². The Labute approximate surface area is 119 Å². The number of carbonyl (C=O) groups excluding carboxylic acids is 2. The van der Waals surface area contributed by atoms with E-state index in [9.17, 15) is 9.59 Å². The summed E-state index contributed by atoms with van der Waals surface area (Å²) in [7, 11) is 0. The predicted molar refractivity (Wildman–Crippen MR) is 80.5 cm³/mol. The van der Waals surface area contributed by atoms with Gasteiger partial charge in [-0.3, -0.25) is 4.79 Å². The fourth-order valence-corrected chi connectivity index (χ4v) is 2.08. The predicted octanol–water partition coefficient (Wildman–Crippen LogP) is 3.83. The lowest BCUT2D eigenvalue weighted by Crippen LogP contribution is -2.04. The zero-order valence-corrected chi connectivity index (χ0v) is 11.6. The van der Waals surface area contributed by atoms with Gasteiger partial charge in [0.2, 0.25) is 0 Å². The van der Waals surface area contributed by atoms with Gasteiger partial charge in [0.1, 0.15) is 11.6 Å². The molecule has 2 nitrogen and oxygen atoms in total. The third kappa shape index (κ3) is 4.16. The first-order valence-corrected chi connectivity index (χ1v) is 6.80. The van der Waals surface area contributed by atoms with Crippen molar-refractivity contribution in [2.24, 2.45) is 0 Å². The molecule has 0 radical (unpaired) electrons. The summed E-state index contributed by atoms with van der Waals surface area (Å²) in [6.45, 7) is 1.52. The molecule has 20 heavy (non-hydrogen) atoms. The van der Waals surface area contributed by atoms with E-state index in [2.05, 4.69) is 12.1 Å². The lowest BCUT2D eigenvalue weighted by atomic mass is 10.0. The first-order valence-electron chi connectivity index (χ1n) is 6.80. The van der Waals surface area contributed by atoms with Crippen molar-refractivity contribution in [2.75, 3.05) is 0 Å². The second-order valence-corrected chi connectivity index (χ2v) is 4.98. The van der Waals surface area contributed by atoms with Crippen LogP contribution in [0, 0.1) is 0 Å². The van der Waals surface area contributed by atoms with Crippen molar-refractivity contribution >= 4 is 11.6 Å². The van der Waals surface area contributed by atoms with E-state index in [1.54, 1.807) is 0 Å². The molecule has 0 aromatic heterocycles. The van der Waals surface area contributed by atoms with Crippen LogP contribution in [0.1, 0.15) is 25.3 Å². The molecule has 0 saturated heterocycles. The summed E-state index contributed by atoms with van der Waals surface area (Å²) in [5.41, 5.74) is 3.31. The van der Waals surface area contributed by atoms with Crippen LogP contribution in [-0.4, -0.2) is 11.6 Å². The van der Waals surface area contributed by atoms with Gasteiger partial charge in [-0.25, -0.2) is 0 Å². The van der Waals surface area contributed by atoms with Gasteiger partial charge in [0, 0.05) is 19.3 Å². The Kier molecular flexibility index (Phi) is 4.83. The molecule has 0 heterocycles. The molecule has 0 fully saturated rings. The molecule has 0 aliphatic rings. The maximum absolute atomic E-state index is 11.7. The van der Waals surface area contributed by atoms with Gasteiger partial charge in [-0.2, -0.15) is 0 Å². The normalized spacial score (nSPS) is 10.2. The SMILES string of the molecule is CC(=O)CCC(=O)Cc1ccc(-c2ccccc2)cc1. The van der Waals surface area contributed by atoms with Crippen LogP contribution in [0.15, 0.2) is 54.6 Å². The summed E-state index contributed by atoms with van der Waals surface area (Å²) < 4.78 is 0. The number of hydrogen-bond donors (Lipinski definition) is 0. The summed E-state index contributed by atoms with van der Waals surface area (Å²) in [6, 6.07) is 18.2. The van der Waals surface area contributed by atoms with Crippen LogP contribution >= 0.6 is 0 Å². The van der Waals surface area contributed by atoms with E-state index in [4.69, 9.17) is 0 Å². The van der Waals surface area contributed by atoms with Crippen LogP contribution in [-0.2, 0) is 16.0 Å². The average Bonchev–Trinajstić information content (AvgIpc) is 2.47. The monoisotopic (exact) mass is 266 g/mol. The molecule has 0 N–H and O–H groups in total. The van der Waals surface area contributed by atoms with Gasteiger partial charge in [-0.05, 0) is 23.6 Å². The van der Waals surface area contributed by atoms with Crippen molar-refractivity contribution < 1.29 is 9.59 Å². The molecule has 0 amide bonds. The molecule has 0 bridgehead atoms. The molecule has 0 aliphatic carbocycles. The van der Waals surface area contributed by atoms with Gasteiger partial charge in [0.15, 0.2) is 0 Å². The van der Waals surface area contributed by atoms with Gasteiger partial charge < -0.3 is 4.79 Å². The van der Waals surface area contributed by atoms with Crippen molar-refractivity contribution in [3.63, 3.8) is 0 Å². The van der Waals surface area contributed by atoms with E-state index in [0.717, 1.165) is 11.1 Å². The van der Waals surface area contributed by atoms with Crippen molar-refractivity contribution in [1.29, 1.82) is 0 Å². The van der Waals surface area contributed by atoms with E-state index >= 15 is 0 Å². The third-order valence-electron chi connectivity index (χ3n) is 3.22. The highest BCUT2D eigenvalue weighted by molar-refractivity contribution is 5.86. The second kappa shape index (κ2) is 6.80. The van der Waals surface area contributed by atoms with Crippen LogP contribution in [0.2, 0.25) is 0 Å². The van der Waals surface area contributed by atoms with Crippen LogP contribution in [0.25, 0.3) is 11.1 Å². The summed E-state index contributed by atoms with van der Waals surface area (Å²) in [5, 5.41) is 0. The highest BCUT2D eigenvalue weighted by atomic mass is 16.1. The molecule has 102 valence electrons. The Morgan fingerprint density at radius 2 is 1.40 bits per heavy atom. The van der Waals surface area contributed by atoms with Crippen molar-refractivity contribution in [1.82, 2.24) is 0 Å². The van der Waals surface area contributed by atoms with E-state index in [0.29, 0.717) is 19.3 Å². The third-order valence-corrected chi connectivity index (χ3v) is 3.22. The van der Waals surface area contributed by atoms with Gasteiger partial charge >= 0.3 is 0 Å². The number of carbonyl (C=O) groups is 2. The van der Waals surface area contributed by atoms with Gasteiger partial charge in [0.05, 0.1) is 0 Å². The average molecular weight is 266 g/mol. The topological polar surface area (TPSA) is 34.1 Å². The fraction of sp³-hybridized carbons (Fsp3) is 0.222. The molecule has 0 unspecified atom stereocenters. The highest BCUT2D eigenvalue weighted by Crippen LogP contribution is 2.19. The smallest absolute Gasteiger partial charge is 0.137 e. The fourth-order valence-electron chi connectivity index (χ4n) is 2.08. The number of benzene rings is 2. The summed E-state index contributed by atoms with van der Waals surface area (Å²) >= 11 is 0. The number of hydrogen-bond acceptors (Lipinski definition) is 2. The van der Waals surface area contributed by atoms with Crippen LogP contribution in [0.4, 0.5) is 0 Å². The Morgan fingerprint density at radius 3 is 2.00 bits per heavy atom. The van der Waals surface area contributed by atoms with Gasteiger partial charge in [-0.1, -0.05) is 54.6 Å². The molecule has 0 saturated carbocycles. The molecular weight excluding hydrogens is 248 g/mol. The standard InChI is InChI=1S/C18H18O2/c1-14(19)7-12-18(20)13-15-8-10-17(11-9-15)16-5-3-2-4-6-16/h2-6,8-11H,7,12-13H2,1H3. The van der Waals surface area contributed by atoms with Crippen LogP contribution in [0.5, 0.6) is 0 Å². The number of ketones is 2. The minimum Gasteiger partial charge on any atom is -0.300 e. The Morgan fingerprint density at radius 1 is 0.800 bits per heavy atom. The Hall–Kier alpha value is -2.22. The zero-order valence-electron chi connectivity index (χ0n) is 11.6. The molecular formula is C18H18O2. The van der Waals surface area contributed by atoms with Gasteiger partial charge in [0.25, 0.3) is 0 Å². The van der Waals surface area contributed by atoms with E-state index in [-0.39, 0.29) is 11.6 Å². The van der Waals surface area contributed by atoms with Crippen LogP contribution < -0.4 is 0 Å². The summed E-state index contributed by atoms with van der Waals surface area (Å²) in [6.07, 6.45) is 1.10. The Bertz CT molecular complexity index is 583. The molecule has 0 aliphatic heterocycles. The zero-order chi connectivity index (χ0) is 14.4. The highest BCUT2D eigenvalue weighted by Gasteiger charge is 2.06. The maximum atomic E-state index is 11.7. The van der Waals surface area contributed by atoms with E-state index in [1.165, 1.54) is 12.5 Å². The minimum atomic E-state index is 0.0674. The molecule has 2 aromatic rings. The molecule has 0 atom stereocenters. The largest absolute Gasteiger partial charge is 0.300 e. The first kappa shape index (κ1) is 14.2. The lowest BCUT2D eigenvalue weighted by Gasteiger charge is -2.04. The van der Waals surface area contributed by atoms with Crippen LogP contribution in [0.3, 0.4) is 0 Å². The van der Waals surface area contributed by atoms with Gasteiger partial charge in [-0.15, -0.1) is 0 Å². The maximum Gasteiger partial charge on any atom is 0.137 e.